The van der Waals surface area contributed by atoms with Crippen LogP contribution in [0, 0.1) is 0 Å². The van der Waals surface area contributed by atoms with Crippen LogP contribution in [0.5, 0.6) is 0 Å². The Morgan fingerprint density at radius 3 is 3.05 bits per heavy atom. The molecule has 0 saturated carbocycles. The number of hydrogen-bond donors (Lipinski definition) is 2. The number of anilines is 2. The van der Waals surface area contributed by atoms with Crippen molar-refractivity contribution >= 4 is 22.9 Å². The third-order valence-corrected chi connectivity index (χ3v) is 3.97. The summed E-state index contributed by atoms with van der Waals surface area (Å²) < 4.78 is 5.67. The van der Waals surface area contributed by atoms with E-state index in [4.69, 9.17) is 4.74 Å². The molecular weight excluding hydrogens is 268 g/mol. The van der Waals surface area contributed by atoms with E-state index in [0.717, 1.165) is 37.3 Å². The fourth-order valence-electron chi connectivity index (χ4n) is 2.78. The molecule has 0 aromatic carbocycles. The van der Waals surface area contributed by atoms with Gasteiger partial charge in [-0.15, -0.1) is 0 Å². The molecule has 0 spiro atoms. The average molecular weight is 290 g/mol. The lowest BCUT2D eigenvalue weighted by molar-refractivity contribution is 0.118. The van der Waals surface area contributed by atoms with Crippen LogP contribution in [0.4, 0.5) is 11.8 Å². The molecule has 7 heteroatoms. The van der Waals surface area contributed by atoms with Gasteiger partial charge >= 0.3 is 0 Å². The number of imidazole rings is 1. The number of nitrogens with zero attached hydrogens (tertiary/aromatic N) is 4. The molecule has 0 amide bonds. The summed E-state index contributed by atoms with van der Waals surface area (Å²) in [5.41, 5.74) is 1.57. The van der Waals surface area contributed by atoms with E-state index in [1.165, 1.54) is 0 Å². The smallest absolute Gasteiger partial charge is 0.226 e. The summed E-state index contributed by atoms with van der Waals surface area (Å²) in [6, 6.07) is 0.324. The summed E-state index contributed by atoms with van der Waals surface area (Å²) >= 11 is 0. The maximum absolute atomic E-state index is 5.67. The number of rotatable bonds is 5. The zero-order valence-corrected chi connectivity index (χ0v) is 12.8. The van der Waals surface area contributed by atoms with Crippen molar-refractivity contribution in [3.63, 3.8) is 0 Å². The van der Waals surface area contributed by atoms with Crippen molar-refractivity contribution in [1.29, 1.82) is 0 Å². The van der Waals surface area contributed by atoms with Gasteiger partial charge in [0.1, 0.15) is 5.52 Å². The van der Waals surface area contributed by atoms with E-state index in [1.807, 2.05) is 0 Å². The number of ether oxygens (including phenoxy) is 1. The maximum Gasteiger partial charge on any atom is 0.226 e. The largest absolute Gasteiger partial charge is 0.376 e. The Morgan fingerprint density at radius 1 is 1.48 bits per heavy atom. The van der Waals surface area contributed by atoms with E-state index in [1.54, 1.807) is 6.33 Å². The van der Waals surface area contributed by atoms with Gasteiger partial charge in [0.25, 0.3) is 0 Å². The van der Waals surface area contributed by atoms with Gasteiger partial charge in [0, 0.05) is 20.2 Å². The average Bonchev–Trinajstić information content (AvgIpc) is 3.11. The topological polar surface area (TPSA) is 79.0 Å². The highest BCUT2D eigenvalue weighted by Gasteiger charge is 2.30. The third-order valence-electron chi connectivity index (χ3n) is 3.97. The highest BCUT2D eigenvalue weighted by atomic mass is 16.5. The van der Waals surface area contributed by atoms with Crippen LogP contribution < -0.4 is 10.2 Å². The Labute approximate surface area is 124 Å². The molecule has 1 fully saturated rings. The lowest BCUT2D eigenvalue weighted by atomic mass is 10.1. The molecule has 0 bridgehead atoms. The van der Waals surface area contributed by atoms with Crippen LogP contribution in [0.25, 0.3) is 11.2 Å². The van der Waals surface area contributed by atoms with Crippen molar-refractivity contribution in [2.24, 2.45) is 0 Å². The molecule has 2 aromatic heterocycles. The van der Waals surface area contributed by atoms with Crippen LogP contribution in [-0.4, -0.2) is 52.3 Å². The number of aromatic nitrogens is 4. The first kappa shape index (κ1) is 14.1. The molecule has 2 N–H and O–H groups in total. The van der Waals surface area contributed by atoms with Gasteiger partial charge in [-0.25, -0.2) is 4.98 Å². The number of likely N-dealkylation sites (N-methyl/N-ethyl adjacent to an activating group) is 1. The molecule has 1 aliphatic heterocycles. The van der Waals surface area contributed by atoms with Gasteiger partial charge in [0.2, 0.25) is 5.95 Å². The molecule has 7 nitrogen and oxygen atoms in total. The van der Waals surface area contributed by atoms with E-state index in [-0.39, 0.29) is 6.10 Å². The highest BCUT2D eigenvalue weighted by molar-refractivity contribution is 5.84. The van der Waals surface area contributed by atoms with Crippen LogP contribution in [0.2, 0.25) is 0 Å². The van der Waals surface area contributed by atoms with Crippen molar-refractivity contribution in [1.82, 2.24) is 19.9 Å². The molecular formula is C14H22N6O. The maximum atomic E-state index is 5.67. The molecule has 2 unspecified atom stereocenters. The standard InChI is InChI=1S/C14H22N6O/c1-4-6-15-14-18-12-11(16-8-17-12)13(19-14)20(3)10-5-7-21-9(10)2/h8-10H,4-7H2,1-3H3,(H2,15,16,17,18,19). The minimum Gasteiger partial charge on any atom is -0.376 e. The van der Waals surface area contributed by atoms with Crippen molar-refractivity contribution in [3.05, 3.63) is 6.33 Å². The van der Waals surface area contributed by atoms with Crippen LogP contribution in [0.3, 0.4) is 0 Å². The molecule has 1 aliphatic rings. The molecule has 3 rings (SSSR count). The minimum absolute atomic E-state index is 0.204. The van der Waals surface area contributed by atoms with E-state index in [0.29, 0.717) is 17.6 Å². The number of fused-ring (bicyclic) bond motifs is 1. The molecule has 2 atom stereocenters. The first-order valence-corrected chi connectivity index (χ1v) is 7.50. The minimum atomic E-state index is 0.204. The second-order valence-corrected chi connectivity index (χ2v) is 5.44. The molecule has 3 heterocycles. The van der Waals surface area contributed by atoms with Gasteiger partial charge < -0.3 is 19.9 Å². The SMILES string of the molecule is CCCNc1nc(N(C)C2CCOC2C)c2[nH]cnc2n1. The zero-order chi connectivity index (χ0) is 14.8. The molecule has 114 valence electrons. The first-order valence-electron chi connectivity index (χ1n) is 7.50. The van der Waals surface area contributed by atoms with Gasteiger partial charge in [-0.05, 0) is 19.8 Å². The van der Waals surface area contributed by atoms with Crippen LogP contribution >= 0.6 is 0 Å². The Balaban J connectivity index is 1.97. The number of aromatic amines is 1. The van der Waals surface area contributed by atoms with Crippen molar-refractivity contribution in [3.8, 4) is 0 Å². The summed E-state index contributed by atoms with van der Waals surface area (Å²) in [7, 11) is 2.06. The van der Waals surface area contributed by atoms with Gasteiger partial charge in [-0.1, -0.05) is 6.92 Å². The molecule has 0 aliphatic carbocycles. The fourth-order valence-corrected chi connectivity index (χ4v) is 2.78. The van der Waals surface area contributed by atoms with E-state index >= 15 is 0 Å². The Hall–Kier alpha value is -1.89. The van der Waals surface area contributed by atoms with Crippen LogP contribution in [0.15, 0.2) is 6.33 Å². The van der Waals surface area contributed by atoms with Crippen LogP contribution in [-0.2, 0) is 4.74 Å². The normalized spacial score (nSPS) is 21.9. The van der Waals surface area contributed by atoms with Crippen molar-refractivity contribution < 1.29 is 4.74 Å². The summed E-state index contributed by atoms with van der Waals surface area (Å²) in [5, 5.41) is 3.24. The van der Waals surface area contributed by atoms with Crippen LogP contribution in [0.1, 0.15) is 26.7 Å². The molecule has 21 heavy (non-hydrogen) atoms. The van der Waals surface area contributed by atoms with E-state index in [9.17, 15) is 0 Å². The lowest BCUT2D eigenvalue weighted by Gasteiger charge is -2.28. The Bertz CT molecular complexity index is 613. The van der Waals surface area contributed by atoms with Gasteiger partial charge in [0.15, 0.2) is 11.5 Å². The summed E-state index contributed by atoms with van der Waals surface area (Å²) in [6.45, 7) is 5.87. The number of hydrogen-bond acceptors (Lipinski definition) is 6. The van der Waals surface area contributed by atoms with Gasteiger partial charge in [0.05, 0.1) is 18.5 Å². The van der Waals surface area contributed by atoms with Gasteiger partial charge in [-0.3, -0.25) is 0 Å². The second-order valence-electron chi connectivity index (χ2n) is 5.44. The predicted octanol–water partition coefficient (Wildman–Crippen LogP) is 1.79. The quantitative estimate of drug-likeness (QED) is 0.874. The van der Waals surface area contributed by atoms with Gasteiger partial charge in [-0.2, -0.15) is 9.97 Å². The second kappa shape index (κ2) is 5.85. The van der Waals surface area contributed by atoms with Crippen molar-refractivity contribution in [2.45, 2.75) is 38.8 Å². The predicted molar refractivity (Wildman–Crippen MR) is 82.7 cm³/mol. The Morgan fingerprint density at radius 2 is 2.33 bits per heavy atom. The summed E-state index contributed by atoms with van der Waals surface area (Å²) in [6.07, 6.45) is 3.90. The summed E-state index contributed by atoms with van der Waals surface area (Å²) in [5.74, 6) is 1.50. The molecule has 0 radical (unpaired) electrons. The summed E-state index contributed by atoms with van der Waals surface area (Å²) in [4.78, 5) is 18.7. The zero-order valence-electron chi connectivity index (χ0n) is 12.8. The molecule has 1 saturated heterocycles. The third kappa shape index (κ3) is 2.65. The first-order chi connectivity index (χ1) is 10.2. The number of nitrogens with one attached hydrogen (secondary N) is 2. The van der Waals surface area contributed by atoms with E-state index < -0.39 is 0 Å². The lowest BCUT2D eigenvalue weighted by Crippen LogP contribution is -2.37. The van der Waals surface area contributed by atoms with Crippen molar-refractivity contribution in [2.75, 3.05) is 30.4 Å². The van der Waals surface area contributed by atoms with E-state index in [2.05, 4.69) is 51.0 Å². The molecule has 2 aromatic rings. The highest BCUT2D eigenvalue weighted by Crippen LogP contribution is 2.28. The Kier molecular flexibility index (Phi) is 3.92. The number of H-pyrrole nitrogens is 1. The fraction of sp³-hybridized carbons (Fsp3) is 0.643. The monoisotopic (exact) mass is 290 g/mol.